The van der Waals surface area contributed by atoms with Gasteiger partial charge >= 0.3 is 0 Å². The first-order chi connectivity index (χ1) is 9.24. The van der Waals surface area contributed by atoms with E-state index in [0.717, 1.165) is 12.8 Å². The van der Waals surface area contributed by atoms with E-state index >= 15 is 0 Å². The monoisotopic (exact) mass is 255 g/mol. The maximum atomic E-state index is 12.0. The molecule has 1 aliphatic carbocycles. The standard InChI is InChI=1S/C15H13NO3/c17-12-7-4-8-13-11(12)9-14(19-13)16-15(18)10-5-2-1-3-6-10/h1-3,5-6,9H,4,7-8H2,(H,16,18). The van der Waals surface area contributed by atoms with Crippen LogP contribution < -0.4 is 5.32 Å². The van der Waals surface area contributed by atoms with Gasteiger partial charge in [-0.25, -0.2) is 0 Å². The second-order valence-electron chi connectivity index (χ2n) is 4.54. The van der Waals surface area contributed by atoms with Crippen molar-refractivity contribution in [1.29, 1.82) is 0 Å². The highest BCUT2D eigenvalue weighted by Crippen LogP contribution is 2.27. The molecule has 1 aromatic carbocycles. The lowest BCUT2D eigenvalue weighted by Gasteiger charge is -2.06. The average molecular weight is 255 g/mol. The van der Waals surface area contributed by atoms with Crippen LogP contribution in [0.15, 0.2) is 40.8 Å². The van der Waals surface area contributed by atoms with Crippen LogP contribution in [-0.2, 0) is 6.42 Å². The van der Waals surface area contributed by atoms with Crippen molar-refractivity contribution in [2.45, 2.75) is 19.3 Å². The van der Waals surface area contributed by atoms with E-state index in [2.05, 4.69) is 5.32 Å². The Labute approximate surface area is 110 Å². The van der Waals surface area contributed by atoms with Crippen molar-refractivity contribution in [3.63, 3.8) is 0 Å². The fourth-order valence-electron chi connectivity index (χ4n) is 2.23. The Balaban J connectivity index is 1.81. The van der Waals surface area contributed by atoms with Gasteiger partial charge in [-0.05, 0) is 18.6 Å². The van der Waals surface area contributed by atoms with E-state index in [0.29, 0.717) is 29.2 Å². The molecule has 19 heavy (non-hydrogen) atoms. The van der Waals surface area contributed by atoms with Gasteiger partial charge in [-0.2, -0.15) is 0 Å². The number of carbonyl (C=O) groups excluding carboxylic acids is 2. The number of fused-ring (bicyclic) bond motifs is 1. The molecule has 0 saturated carbocycles. The van der Waals surface area contributed by atoms with Gasteiger partial charge in [0, 0.05) is 24.5 Å². The zero-order valence-corrected chi connectivity index (χ0v) is 10.3. The van der Waals surface area contributed by atoms with Crippen LogP contribution in [-0.4, -0.2) is 11.7 Å². The third-order valence-corrected chi connectivity index (χ3v) is 3.19. The van der Waals surface area contributed by atoms with Crippen molar-refractivity contribution in [2.24, 2.45) is 0 Å². The number of ketones is 1. The molecule has 0 radical (unpaired) electrons. The Morgan fingerprint density at radius 1 is 1.16 bits per heavy atom. The smallest absolute Gasteiger partial charge is 0.257 e. The number of amides is 1. The third-order valence-electron chi connectivity index (χ3n) is 3.19. The lowest BCUT2D eigenvalue weighted by Crippen LogP contribution is -2.10. The summed E-state index contributed by atoms with van der Waals surface area (Å²) >= 11 is 0. The Morgan fingerprint density at radius 3 is 2.68 bits per heavy atom. The topological polar surface area (TPSA) is 59.3 Å². The molecular formula is C15H13NO3. The number of Topliss-reactive ketones (excluding diaryl/α,β-unsaturated/α-hetero) is 1. The number of rotatable bonds is 2. The Morgan fingerprint density at radius 2 is 1.95 bits per heavy atom. The lowest BCUT2D eigenvalue weighted by molar-refractivity contribution is 0.0968. The number of furan rings is 1. The highest BCUT2D eigenvalue weighted by atomic mass is 16.4. The van der Waals surface area contributed by atoms with Crippen molar-refractivity contribution in [2.75, 3.05) is 5.32 Å². The number of hydrogen-bond donors (Lipinski definition) is 1. The van der Waals surface area contributed by atoms with Gasteiger partial charge in [-0.3, -0.25) is 14.9 Å². The van der Waals surface area contributed by atoms with Gasteiger partial charge in [0.1, 0.15) is 5.76 Å². The van der Waals surface area contributed by atoms with Gasteiger partial charge in [0.15, 0.2) is 5.78 Å². The first kappa shape index (κ1) is 11.7. The number of benzene rings is 1. The van der Waals surface area contributed by atoms with Crippen molar-refractivity contribution in [3.8, 4) is 0 Å². The second kappa shape index (κ2) is 4.72. The molecule has 0 spiro atoms. The van der Waals surface area contributed by atoms with Gasteiger partial charge in [0.25, 0.3) is 5.91 Å². The fraction of sp³-hybridized carbons (Fsp3) is 0.200. The summed E-state index contributed by atoms with van der Waals surface area (Å²) in [5.41, 5.74) is 1.16. The van der Waals surface area contributed by atoms with Crippen LogP contribution in [0.25, 0.3) is 0 Å². The summed E-state index contributed by atoms with van der Waals surface area (Å²) in [6.07, 6.45) is 2.12. The maximum absolute atomic E-state index is 12.0. The maximum Gasteiger partial charge on any atom is 0.257 e. The molecule has 1 N–H and O–H groups in total. The zero-order chi connectivity index (χ0) is 13.2. The number of aryl methyl sites for hydroxylation is 1. The van der Waals surface area contributed by atoms with Crippen LogP contribution in [0.2, 0.25) is 0 Å². The Hall–Kier alpha value is -2.36. The first-order valence-electron chi connectivity index (χ1n) is 6.26. The fourth-order valence-corrected chi connectivity index (χ4v) is 2.23. The molecule has 0 aliphatic heterocycles. The summed E-state index contributed by atoms with van der Waals surface area (Å²) in [5, 5.41) is 2.68. The molecule has 0 fully saturated rings. The summed E-state index contributed by atoms with van der Waals surface area (Å²) in [5.74, 6) is 0.873. The van der Waals surface area contributed by atoms with Gasteiger partial charge in [0.05, 0.1) is 5.56 Å². The van der Waals surface area contributed by atoms with Gasteiger partial charge in [-0.15, -0.1) is 0 Å². The molecular weight excluding hydrogens is 242 g/mol. The lowest BCUT2D eigenvalue weighted by atomic mass is 9.97. The minimum absolute atomic E-state index is 0.0882. The number of hydrogen-bond acceptors (Lipinski definition) is 3. The predicted molar refractivity (Wildman–Crippen MR) is 70.4 cm³/mol. The van der Waals surface area contributed by atoms with Crippen molar-refractivity contribution >= 4 is 17.6 Å². The van der Waals surface area contributed by atoms with Crippen molar-refractivity contribution in [1.82, 2.24) is 0 Å². The molecule has 1 aromatic heterocycles. The third kappa shape index (κ3) is 2.29. The summed E-state index contributed by atoms with van der Waals surface area (Å²) in [6, 6.07) is 10.5. The number of carbonyl (C=O) groups is 2. The van der Waals surface area contributed by atoms with E-state index in [1.165, 1.54) is 0 Å². The minimum Gasteiger partial charge on any atom is -0.445 e. The first-order valence-corrected chi connectivity index (χ1v) is 6.26. The van der Waals surface area contributed by atoms with Crippen molar-refractivity contribution < 1.29 is 14.0 Å². The molecule has 3 rings (SSSR count). The molecule has 1 amide bonds. The van der Waals surface area contributed by atoms with Gasteiger partial charge in [0.2, 0.25) is 5.88 Å². The number of nitrogens with one attached hydrogen (secondary N) is 1. The van der Waals surface area contributed by atoms with E-state index in [1.54, 1.807) is 30.3 Å². The molecule has 2 aromatic rings. The summed E-state index contributed by atoms with van der Waals surface area (Å²) in [6.45, 7) is 0. The highest BCUT2D eigenvalue weighted by molar-refractivity contribution is 6.05. The largest absolute Gasteiger partial charge is 0.445 e. The zero-order valence-electron chi connectivity index (χ0n) is 10.3. The molecule has 0 bridgehead atoms. The van der Waals surface area contributed by atoms with Crippen LogP contribution in [0.1, 0.15) is 39.3 Å². The molecule has 4 nitrogen and oxygen atoms in total. The van der Waals surface area contributed by atoms with Crippen LogP contribution in [0.3, 0.4) is 0 Å². The van der Waals surface area contributed by atoms with Crippen LogP contribution >= 0.6 is 0 Å². The summed E-state index contributed by atoms with van der Waals surface area (Å²) in [4.78, 5) is 23.6. The Kier molecular flexibility index (Phi) is 2.91. The van der Waals surface area contributed by atoms with E-state index in [-0.39, 0.29) is 11.7 Å². The molecule has 1 heterocycles. The van der Waals surface area contributed by atoms with Crippen LogP contribution in [0.4, 0.5) is 5.88 Å². The van der Waals surface area contributed by atoms with Crippen molar-refractivity contribution in [3.05, 3.63) is 53.3 Å². The van der Waals surface area contributed by atoms with Gasteiger partial charge < -0.3 is 4.42 Å². The Bertz CT molecular complexity index is 628. The number of anilines is 1. The molecule has 96 valence electrons. The molecule has 0 unspecified atom stereocenters. The highest BCUT2D eigenvalue weighted by Gasteiger charge is 2.22. The predicted octanol–water partition coefficient (Wildman–Crippen LogP) is 3.05. The SMILES string of the molecule is O=C(Nc1cc2c(o1)CCCC2=O)c1ccccc1. The normalized spacial score (nSPS) is 14.0. The quantitative estimate of drug-likeness (QED) is 0.897. The molecule has 1 aliphatic rings. The van der Waals surface area contributed by atoms with E-state index in [9.17, 15) is 9.59 Å². The van der Waals surface area contributed by atoms with E-state index in [4.69, 9.17) is 4.42 Å². The summed E-state index contributed by atoms with van der Waals surface area (Å²) in [7, 11) is 0. The minimum atomic E-state index is -0.237. The van der Waals surface area contributed by atoms with Crippen LogP contribution in [0.5, 0.6) is 0 Å². The molecule has 0 saturated heterocycles. The summed E-state index contributed by atoms with van der Waals surface area (Å²) < 4.78 is 5.52. The van der Waals surface area contributed by atoms with E-state index < -0.39 is 0 Å². The average Bonchev–Trinajstić information content (AvgIpc) is 2.84. The molecule has 0 atom stereocenters. The second-order valence-corrected chi connectivity index (χ2v) is 4.54. The van der Waals surface area contributed by atoms with E-state index in [1.807, 2.05) is 6.07 Å². The van der Waals surface area contributed by atoms with Crippen LogP contribution in [0, 0.1) is 0 Å². The molecule has 4 heteroatoms. The van der Waals surface area contributed by atoms with Gasteiger partial charge in [-0.1, -0.05) is 18.2 Å².